The minimum absolute atomic E-state index is 0.00292. The summed E-state index contributed by atoms with van der Waals surface area (Å²) in [5.74, 6) is -1.64. The van der Waals surface area contributed by atoms with Gasteiger partial charge >= 0.3 is 0 Å². The molecule has 1 aromatic heterocycles. The third-order valence-electron chi connectivity index (χ3n) is 5.55. The third kappa shape index (κ3) is 6.10. The van der Waals surface area contributed by atoms with Crippen molar-refractivity contribution >= 4 is 56.0 Å². The largest absolute Gasteiger partial charge is 0.383 e. The minimum atomic E-state index is -4.03. The number of carbonyl (C=O) groups is 2. The Hall–Kier alpha value is -2.31. The van der Waals surface area contributed by atoms with E-state index in [4.69, 9.17) is 16.3 Å². The Morgan fingerprint density at radius 1 is 1.31 bits per heavy atom. The fourth-order valence-corrected chi connectivity index (χ4v) is 6.48. The summed E-state index contributed by atoms with van der Waals surface area (Å²) in [6.45, 7) is 1.82. The van der Waals surface area contributed by atoms with Crippen LogP contribution in [0.4, 0.5) is 10.1 Å². The Balaban J connectivity index is 1.89. The highest BCUT2D eigenvalue weighted by Crippen LogP contribution is 2.31. The second-order valence-corrected chi connectivity index (χ2v) is 11.7. The van der Waals surface area contributed by atoms with Gasteiger partial charge in [0.05, 0.1) is 22.0 Å². The van der Waals surface area contributed by atoms with Crippen LogP contribution in [0.25, 0.3) is 5.57 Å². The molecule has 0 N–H and O–H groups in total. The maximum absolute atomic E-state index is 14.9. The highest BCUT2D eigenvalue weighted by Gasteiger charge is 2.42. The first-order chi connectivity index (χ1) is 16.5. The van der Waals surface area contributed by atoms with Crippen LogP contribution in [-0.4, -0.2) is 76.4 Å². The van der Waals surface area contributed by atoms with Crippen LogP contribution >= 0.6 is 22.9 Å². The van der Waals surface area contributed by atoms with Gasteiger partial charge in [-0.05, 0) is 49.2 Å². The summed E-state index contributed by atoms with van der Waals surface area (Å²) in [6, 6.07) is 6.27. The van der Waals surface area contributed by atoms with Crippen LogP contribution in [0.5, 0.6) is 0 Å². The highest BCUT2D eigenvalue weighted by molar-refractivity contribution is 7.92. The predicted octanol–water partition coefficient (Wildman–Crippen LogP) is 3.69. The van der Waals surface area contributed by atoms with Gasteiger partial charge in [-0.25, -0.2) is 12.8 Å². The Bertz CT molecular complexity index is 1250. The molecule has 1 saturated heterocycles. The van der Waals surface area contributed by atoms with Crippen LogP contribution in [0.2, 0.25) is 4.34 Å². The van der Waals surface area contributed by atoms with Crippen molar-refractivity contribution in [2.75, 3.05) is 45.8 Å². The average Bonchev–Trinajstić information content (AvgIpc) is 3.39. The standard InChI is InChI=1S/C23H27ClFN3O5S2/c1-15(20-7-8-21(24)34-20)14-35(31,32)28(11-12-33-4)19-9-10-27(23(19)30)18-6-5-16(13-17(18)25)22(29)26(2)3/h5-8,13-14,19H,9-12H2,1-4H3/b15-14-/t19-/m0/s1. The van der Waals surface area contributed by atoms with Gasteiger partial charge in [0.15, 0.2) is 0 Å². The number of hydrogen-bond acceptors (Lipinski definition) is 6. The van der Waals surface area contributed by atoms with Crippen LogP contribution < -0.4 is 4.90 Å². The normalized spacial score (nSPS) is 16.9. The lowest BCUT2D eigenvalue weighted by molar-refractivity contribution is -0.120. The van der Waals surface area contributed by atoms with E-state index in [0.717, 1.165) is 15.8 Å². The molecule has 0 radical (unpaired) electrons. The van der Waals surface area contributed by atoms with E-state index in [-0.39, 0.29) is 43.3 Å². The smallest absolute Gasteiger partial charge is 0.253 e. The molecule has 2 aromatic rings. The molecule has 1 aliphatic rings. The number of anilines is 1. The molecular formula is C23H27ClFN3O5S2. The number of allylic oxidation sites excluding steroid dienone is 1. The second kappa shape index (κ2) is 11.2. The molecule has 0 bridgehead atoms. The van der Waals surface area contributed by atoms with Gasteiger partial charge in [-0.2, -0.15) is 4.31 Å². The molecule has 0 aliphatic carbocycles. The van der Waals surface area contributed by atoms with E-state index in [1.165, 1.54) is 40.4 Å². The predicted molar refractivity (Wildman–Crippen MR) is 136 cm³/mol. The first-order valence-corrected chi connectivity index (χ1v) is 13.4. The van der Waals surface area contributed by atoms with E-state index in [1.807, 2.05) is 0 Å². The molecule has 0 saturated carbocycles. The number of rotatable bonds is 9. The zero-order valence-corrected chi connectivity index (χ0v) is 22.2. The number of methoxy groups -OCH3 is 1. The molecule has 1 fully saturated rings. The summed E-state index contributed by atoms with van der Waals surface area (Å²) in [6.07, 6.45) is 0.178. The van der Waals surface area contributed by atoms with Crippen molar-refractivity contribution in [3.8, 4) is 0 Å². The lowest BCUT2D eigenvalue weighted by Crippen LogP contribution is -2.46. The number of nitrogens with zero attached hydrogens (tertiary/aromatic N) is 3. The Labute approximate surface area is 213 Å². The van der Waals surface area contributed by atoms with Gasteiger partial charge < -0.3 is 14.5 Å². The topological polar surface area (TPSA) is 87.2 Å². The molecule has 8 nitrogen and oxygen atoms in total. The monoisotopic (exact) mass is 543 g/mol. The number of ether oxygens (including phenoxy) is 1. The van der Waals surface area contributed by atoms with Crippen molar-refractivity contribution in [2.45, 2.75) is 19.4 Å². The summed E-state index contributed by atoms with van der Waals surface area (Å²) in [5.41, 5.74) is 0.633. The highest BCUT2D eigenvalue weighted by atomic mass is 35.5. The first kappa shape index (κ1) is 27.3. The molecule has 2 amide bonds. The molecule has 0 unspecified atom stereocenters. The third-order valence-corrected chi connectivity index (χ3v) is 8.66. The molecule has 190 valence electrons. The van der Waals surface area contributed by atoms with Crippen LogP contribution in [0.1, 0.15) is 28.6 Å². The van der Waals surface area contributed by atoms with Crippen molar-refractivity contribution in [3.63, 3.8) is 0 Å². The fourth-order valence-electron chi connectivity index (χ4n) is 3.81. The molecule has 0 spiro atoms. The van der Waals surface area contributed by atoms with Crippen molar-refractivity contribution in [1.29, 1.82) is 0 Å². The van der Waals surface area contributed by atoms with Crippen molar-refractivity contribution in [1.82, 2.24) is 9.21 Å². The molecule has 2 heterocycles. The van der Waals surface area contributed by atoms with E-state index in [0.29, 0.717) is 14.8 Å². The van der Waals surface area contributed by atoms with Gasteiger partial charge in [0, 0.05) is 44.7 Å². The van der Waals surface area contributed by atoms with Crippen LogP contribution in [-0.2, 0) is 19.6 Å². The van der Waals surface area contributed by atoms with Gasteiger partial charge in [0.1, 0.15) is 11.9 Å². The van der Waals surface area contributed by atoms with E-state index in [1.54, 1.807) is 33.2 Å². The number of thiophene rings is 1. The van der Waals surface area contributed by atoms with Crippen molar-refractivity contribution < 1.29 is 27.1 Å². The number of hydrogen-bond donors (Lipinski definition) is 0. The number of halogens is 2. The minimum Gasteiger partial charge on any atom is -0.383 e. The fraction of sp³-hybridized carbons (Fsp3) is 0.391. The van der Waals surface area contributed by atoms with E-state index < -0.39 is 27.8 Å². The van der Waals surface area contributed by atoms with Crippen LogP contribution in [0.3, 0.4) is 0 Å². The van der Waals surface area contributed by atoms with Crippen LogP contribution in [0.15, 0.2) is 35.7 Å². The molecule has 1 atom stereocenters. The van der Waals surface area contributed by atoms with Gasteiger partial charge in [0.2, 0.25) is 15.9 Å². The summed E-state index contributed by atoms with van der Waals surface area (Å²) in [5, 5.41) is 1.11. The Kier molecular flexibility index (Phi) is 8.71. The molecule has 3 rings (SSSR count). The van der Waals surface area contributed by atoms with Gasteiger partial charge in [-0.15, -0.1) is 11.3 Å². The van der Waals surface area contributed by atoms with Crippen LogP contribution in [0, 0.1) is 5.82 Å². The van der Waals surface area contributed by atoms with E-state index in [9.17, 15) is 22.4 Å². The van der Waals surface area contributed by atoms with Gasteiger partial charge in [0.25, 0.3) is 5.91 Å². The Morgan fingerprint density at radius 3 is 2.60 bits per heavy atom. The van der Waals surface area contributed by atoms with E-state index >= 15 is 0 Å². The summed E-state index contributed by atoms with van der Waals surface area (Å²) < 4.78 is 48.3. The van der Waals surface area contributed by atoms with Crippen molar-refractivity contribution in [2.24, 2.45) is 0 Å². The summed E-state index contributed by atoms with van der Waals surface area (Å²) >= 11 is 7.22. The van der Waals surface area contributed by atoms with Gasteiger partial charge in [-0.1, -0.05) is 11.6 Å². The molecular weight excluding hydrogens is 517 g/mol. The molecule has 1 aromatic carbocycles. The molecule has 35 heavy (non-hydrogen) atoms. The first-order valence-electron chi connectivity index (χ1n) is 10.7. The zero-order chi connectivity index (χ0) is 25.9. The summed E-state index contributed by atoms with van der Waals surface area (Å²) in [7, 11) is 0.523. The maximum Gasteiger partial charge on any atom is 0.253 e. The zero-order valence-electron chi connectivity index (χ0n) is 19.8. The molecule has 12 heteroatoms. The number of amides is 2. The average molecular weight is 544 g/mol. The number of sulfonamides is 1. The van der Waals surface area contributed by atoms with E-state index in [2.05, 4.69) is 0 Å². The SMILES string of the molecule is COCCN([C@H]1CCN(c2ccc(C(=O)N(C)C)cc2F)C1=O)S(=O)(=O)/C=C(/C)c1ccc(Cl)s1. The van der Waals surface area contributed by atoms with Gasteiger partial charge in [-0.3, -0.25) is 9.59 Å². The second-order valence-electron chi connectivity index (χ2n) is 8.21. The van der Waals surface area contributed by atoms with Crippen molar-refractivity contribution in [3.05, 3.63) is 56.3 Å². The molecule has 1 aliphatic heterocycles. The lowest BCUT2D eigenvalue weighted by Gasteiger charge is -2.26. The Morgan fingerprint density at radius 2 is 2.03 bits per heavy atom. The maximum atomic E-state index is 14.9. The quantitative estimate of drug-likeness (QED) is 0.481. The lowest BCUT2D eigenvalue weighted by atomic mass is 10.1. The number of carbonyl (C=O) groups excluding carboxylic acids is 2. The summed E-state index contributed by atoms with van der Waals surface area (Å²) in [4.78, 5) is 28.6. The number of benzene rings is 1.